The van der Waals surface area contributed by atoms with E-state index in [-0.39, 0.29) is 17.2 Å². The zero-order chi connectivity index (χ0) is 17.0. The van der Waals surface area contributed by atoms with Gasteiger partial charge in [-0.05, 0) is 36.4 Å². The Labute approximate surface area is 147 Å². The second kappa shape index (κ2) is 7.55. The predicted octanol–water partition coefficient (Wildman–Crippen LogP) is 4.65. The Bertz CT molecular complexity index is 745. The highest BCUT2D eigenvalue weighted by atomic mass is 35.5. The molecule has 0 aliphatic carbocycles. The summed E-state index contributed by atoms with van der Waals surface area (Å²) in [4.78, 5) is 23.9. The Kier molecular flexibility index (Phi) is 5.71. The number of carbonyl (C=O) groups is 2. The second-order valence-corrected chi connectivity index (χ2v) is 5.82. The Hall–Kier alpha value is -1.95. The molecule has 0 fully saturated rings. The molecule has 0 atom stereocenters. The minimum Gasteiger partial charge on any atom is -0.355 e. The average Bonchev–Trinajstić information content (AvgIpc) is 2.45. The van der Waals surface area contributed by atoms with Crippen LogP contribution in [0.3, 0.4) is 0 Å². The smallest absolute Gasteiger partial charge is 0.323 e. The van der Waals surface area contributed by atoms with Gasteiger partial charge in [0.05, 0.1) is 11.3 Å². The first kappa shape index (κ1) is 17.4. The Balaban J connectivity index is 2.19. The number of rotatable bonds is 3. The molecule has 0 aliphatic rings. The molecule has 0 saturated carbocycles. The quantitative estimate of drug-likeness (QED) is 0.734. The molecule has 0 unspecified atom stereocenters. The van der Waals surface area contributed by atoms with Crippen molar-refractivity contribution in [3.05, 3.63) is 57.0 Å². The van der Waals surface area contributed by atoms with E-state index in [0.717, 1.165) is 0 Å². The van der Waals surface area contributed by atoms with Gasteiger partial charge in [0, 0.05) is 27.8 Å². The van der Waals surface area contributed by atoms with Gasteiger partial charge in [0.2, 0.25) is 0 Å². The van der Waals surface area contributed by atoms with E-state index in [2.05, 4.69) is 16.0 Å². The van der Waals surface area contributed by atoms with Crippen LogP contribution in [0.15, 0.2) is 36.4 Å². The normalized spacial score (nSPS) is 10.1. The molecule has 0 saturated heterocycles. The van der Waals surface area contributed by atoms with Crippen molar-refractivity contribution in [3.8, 4) is 0 Å². The summed E-state index contributed by atoms with van der Waals surface area (Å²) < 4.78 is 0. The third-order valence-corrected chi connectivity index (χ3v) is 3.49. The summed E-state index contributed by atoms with van der Waals surface area (Å²) in [6.45, 7) is 0. The lowest BCUT2D eigenvalue weighted by Gasteiger charge is -2.12. The van der Waals surface area contributed by atoms with Gasteiger partial charge in [-0.1, -0.05) is 34.8 Å². The van der Waals surface area contributed by atoms with Crippen LogP contribution in [0.2, 0.25) is 15.1 Å². The summed E-state index contributed by atoms with van der Waals surface area (Å²) >= 11 is 17.7. The number of nitrogens with one attached hydrogen (secondary N) is 3. The zero-order valence-corrected chi connectivity index (χ0v) is 14.2. The lowest BCUT2D eigenvalue weighted by Crippen LogP contribution is -2.24. The molecule has 0 aromatic heterocycles. The first-order valence-electron chi connectivity index (χ1n) is 6.45. The van der Waals surface area contributed by atoms with Gasteiger partial charge in [0.25, 0.3) is 5.91 Å². The Morgan fingerprint density at radius 3 is 2.13 bits per heavy atom. The Morgan fingerprint density at radius 1 is 0.870 bits per heavy atom. The highest BCUT2D eigenvalue weighted by Crippen LogP contribution is 2.24. The molecule has 8 heteroatoms. The molecule has 0 aliphatic heterocycles. The number of urea groups is 1. The first-order chi connectivity index (χ1) is 10.9. The van der Waals surface area contributed by atoms with Crippen molar-refractivity contribution in [3.63, 3.8) is 0 Å². The van der Waals surface area contributed by atoms with Gasteiger partial charge < -0.3 is 16.0 Å². The highest BCUT2D eigenvalue weighted by Gasteiger charge is 2.13. The van der Waals surface area contributed by atoms with Gasteiger partial charge in [-0.3, -0.25) is 4.79 Å². The molecule has 120 valence electrons. The van der Waals surface area contributed by atoms with Crippen LogP contribution in [0.4, 0.5) is 16.2 Å². The van der Waals surface area contributed by atoms with Gasteiger partial charge in [-0.2, -0.15) is 0 Å². The number of benzene rings is 2. The van der Waals surface area contributed by atoms with Crippen LogP contribution < -0.4 is 16.0 Å². The summed E-state index contributed by atoms with van der Waals surface area (Å²) in [5, 5.41) is 8.81. The minimum absolute atomic E-state index is 0.280. The summed E-state index contributed by atoms with van der Waals surface area (Å²) in [5.41, 5.74) is 0.988. The number of hydrogen-bond acceptors (Lipinski definition) is 2. The van der Waals surface area contributed by atoms with Crippen molar-refractivity contribution in [2.45, 2.75) is 0 Å². The monoisotopic (exact) mass is 371 g/mol. The minimum atomic E-state index is -0.559. The standard InChI is InChI=1S/C15H12Cl3N3O2/c1-19-14(22)12-3-2-8(16)7-13(12)21-15(23)20-11-5-9(17)4-10(18)6-11/h2-7H,1H3,(H,19,22)(H2,20,21,23). The summed E-state index contributed by atoms with van der Waals surface area (Å²) in [6, 6.07) is 8.65. The van der Waals surface area contributed by atoms with Crippen molar-refractivity contribution < 1.29 is 9.59 Å². The molecular weight excluding hydrogens is 361 g/mol. The third-order valence-electron chi connectivity index (χ3n) is 2.82. The van der Waals surface area contributed by atoms with Crippen LogP contribution in [0, 0.1) is 0 Å². The van der Waals surface area contributed by atoms with Crippen LogP contribution in [0.5, 0.6) is 0 Å². The van der Waals surface area contributed by atoms with Crippen LogP contribution in [-0.4, -0.2) is 19.0 Å². The van der Waals surface area contributed by atoms with Crippen LogP contribution in [0.25, 0.3) is 0 Å². The average molecular weight is 373 g/mol. The molecule has 0 spiro atoms. The van der Waals surface area contributed by atoms with Gasteiger partial charge >= 0.3 is 6.03 Å². The van der Waals surface area contributed by atoms with E-state index in [4.69, 9.17) is 34.8 Å². The van der Waals surface area contributed by atoms with E-state index < -0.39 is 6.03 Å². The van der Waals surface area contributed by atoms with E-state index in [1.807, 2.05) is 0 Å². The number of hydrogen-bond donors (Lipinski definition) is 3. The fraction of sp³-hybridized carbons (Fsp3) is 0.0667. The number of halogens is 3. The number of carbonyl (C=O) groups excluding carboxylic acids is 2. The summed E-state index contributed by atoms with van der Waals surface area (Å²) in [7, 11) is 1.49. The first-order valence-corrected chi connectivity index (χ1v) is 7.58. The molecule has 0 heterocycles. The second-order valence-electron chi connectivity index (χ2n) is 4.51. The molecule has 5 nitrogen and oxygen atoms in total. The van der Waals surface area contributed by atoms with E-state index in [1.54, 1.807) is 24.3 Å². The molecular formula is C15H12Cl3N3O2. The van der Waals surface area contributed by atoms with Gasteiger partial charge in [-0.25, -0.2) is 4.79 Å². The van der Waals surface area contributed by atoms with Crippen molar-refractivity contribution in [1.29, 1.82) is 0 Å². The molecule has 2 aromatic carbocycles. The van der Waals surface area contributed by atoms with Gasteiger partial charge in [-0.15, -0.1) is 0 Å². The van der Waals surface area contributed by atoms with Crippen molar-refractivity contribution in [2.24, 2.45) is 0 Å². The molecule has 3 N–H and O–H groups in total. The molecule has 0 radical (unpaired) electrons. The number of anilines is 2. The van der Waals surface area contributed by atoms with Gasteiger partial charge in [0.1, 0.15) is 0 Å². The van der Waals surface area contributed by atoms with Crippen molar-refractivity contribution in [2.75, 3.05) is 17.7 Å². The maximum atomic E-state index is 12.1. The maximum Gasteiger partial charge on any atom is 0.323 e. The highest BCUT2D eigenvalue weighted by molar-refractivity contribution is 6.35. The van der Waals surface area contributed by atoms with E-state index >= 15 is 0 Å². The van der Waals surface area contributed by atoms with E-state index in [9.17, 15) is 9.59 Å². The van der Waals surface area contributed by atoms with Crippen molar-refractivity contribution in [1.82, 2.24) is 5.32 Å². The molecule has 0 bridgehead atoms. The van der Waals surface area contributed by atoms with E-state index in [1.165, 1.54) is 19.2 Å². The summed E-state index contributed by atoms with van der Waals surface area (Å²) in [5.74, 6) is -0.345. The fourth-order valence-corrected chi connectivity index (χ4v) is 2.56. The van der Waals surface area contributed by atoms with Gasteiger partial charge in [0.15, 0.2) is 0 Å². The lowest BCUT2D eigenvalue weighted by molar-refractivity contribution is 0.0964. The largest absolute Gasteiger partial charge is 0.355 e. The molecule has 23 heavy (non-hydrogen) atoms. The maximum absolute atomic E-state index is 12.1. The van der Waals surface area contributed by atoms with Crippen molar-refractivity contribution >= 4 is 58.1 Å². The summed E-state index contributed by atoms with van der Waals surface area (Å²) in [6.07, 6.45) is 0. The topological polar surface area (TPSA) is 70.2 Å². The molecule has 3 amide bonds. The number of amides is 3. The van der Waals surface area contributed by atoms with Crippen LogP contribution in [0.1, 0.15) is 10.4 Å². The SMILES string of the molecule is CNC(=O)c1ccc(Cl)cc1NC(=O)Nc1cc(Cl)cc(Cl)c1. The third kappa shape index (κ3) is 4.76. The Morgan fingerprint density at radius 2 is 1.52 bits per heavy atom. The molecule has 2 aromatic rings. The molecule has 2 rings (SSSR count). The predicted molar refractivity (Wildman–Crippen MR) is 93.9 cm³/mol. The van der Waals surface area contributed by atoms with Crippen LogP contribution >= 0.6 is 34.8 Å². The van der Waals surface area contributed by atoms with Crippen LogP contribution in [-0.2, 0) is 0 Å². The zero-order valence-electron chi connectivity index (χ0n) is 11.9. The van der Waals surface area contributed by atoms with E-state index in [0.29, 0.717) is 20.8 Å². The lowest BCUT2D eigenvalue weighted by atomic mass is 10.1. The fourth-order valence-electron chi connectivity index (χ4n) is 1.86.